The number of nitrogens with zero attached hydrogens (tertiary/aromatic N) is 2. The monoisotopic (exact) mass is 323 g/mol. The zero-order valence-electron chi connectivity index (χ0n) is 13.6. The number of anilines is 1. The van der Waals surface area contributed by atoms with Gasteiger partial charge in [-0.3, -0.25) is 9.69 Å². The van der Waals surface area contributed by atoms with E-state index in [4.69, 9.17) is 4.74 Å². The van der Waals surface area contributed by atoms with Gasteiger partial charge in [-0.1, -0.05) is 20.8 Å². The lowest BCUT2D eigenvalue weighted by atomic mass is 9.92. The smallest absolute Gasteiger partial charge is 0.242 e. The Labute approximate surface area is 136 Å². The van der Waals surface area contributed by atoms with Crippen LogP contribution in [0.5, 0.6) is 0 Å². The van der Waals surface area contributed by atoms with Gasteiger partial charge >= 0.3 is 0 Å². The first-order valence-corrected chi connectivity index (χ1v) is 8.84. The maximum Gasteiger partial charge on any atom is 0.242 e. The summed E-state index contributed by atoms with van der Waals surface area (Å²) in [7, 11) is 0. The van der Waals surface area contributed by atoms with Crippen molar-refractivity contribution < 1.29 is 9.53 Å². The Morgan fingerprint density at radius 3 is 2.64 bits per heavy atom. The van der Waals surface area contributed by atoms with Crippen LogP contribution in [0, 0.1) is 0 Å². The molecule has 22 heavy (non-hydrogen) atoms. The van der Waals surface area contributed by atoms with E-state index in [1.807, 2.05) is 6.07 Å². The van der Waals surface area contributed by atoms with Crippen molar-refractivity contribution in [3.05, 3.63) is 11.8 Å². The molecule has 1 N–H and O–H groups in total. The molecule has 0 spiro atoms. The molecule has 1 amide bonds. The Kier molecular flexibility index (Phi) is 4.52. The van der Waals surface area contributed by atoms with Gasteiger partial charge in [0.05, 0.1) is 11.7 Å². The summed E-state index contributed by atoms with van der Waals surface area (Å²) in [5, 5.41) is 3.90. The molecule has 0 radical (unpaired) electrons. The van der Waals surface area contributed by atoms with Crippen molar-refractivity contribution >= 4 is 22.4 Å². The zero-order chi connectivity index (χ0) is 15.7. The normalized spacial score (nSPS) is 24.0. The lowest BCUT2D eigenvalue weighted by Crippen LogP contribution is -2.59. The highest BCUT2D eigenvalue weighted by molar-refractivity contribution is 7.10. The fourth-order valence-corrected chi connectivity index (χ4v) is 3.87. The molecule has 1 atom stereocenters. The molecule has 1 aromatic rings. The predicted molar refractivity (Wildman–Crippen MR) is 88.4 cm³/mol. The maximum atomic E-state index is 12.5. The van der Waals surface area contributed by atoms with Gasteiger partial charge in [-0.05, 0) is 36.9 Å². The molecule has 2 aliphatic rings. The van der Waals surface area contributed by atoms with E-state index in [2.05, 4.69) is 35.4 Å². The molecule has 6 heteroatoms. The molecule has 0 aliphatic carbocycles. The van der Waals surface area contributed by atoms with E-state index in [1.165, 1.54) is 11.5 Å². The van der Waals surface area contributed by atoms with Gasteiger partial charge in [0.25, 0.3) is 0 Å². The summed E-state index contributed by atoms with van der Waals surface area (Å²) < 4.78 is 9.86. The van der Waals surface area contributed by atoms with Crippen LogP contribution in [0.2, 0.25) is 0 Å². The number of aromatic nitrogens is 1. The van der Waals surface area contributed by atoms with E-state index in [-0.39, 0.29) is 17.4 Å². The van der Waals surface area contributed by atoms with Crippen molar-refractivity contribution in [1.29, 1.82) is 0 Å². The quantitative estimate of drug-likeness (QED) is 0.929. The van der Waals surface area contributed by atoms with Gasteiger partial charge < -0.3 is 10.1 Å². The lowest BCUT2D eigenvalue weighted by molar-refractivity contribution is -0.129. The van der Waals surface area contributed by atoms with Crippen molar-refractivity contribution in [1.82, 2.24) is 9.27 Å². The van der Waals surface area contributed by atoms with Crippen LogP contribution < -0.4 is 5.32 Å². The third-order valence-electron chi connectivity index (χ3n) is 4.55. The summed E-state index contributed by atoms with van der Waals surface area (Å²) in [5.41, 5.74) is 1.05. The van der Waals surface area contributed by atoms with Crippen LogP contribution in [0.1, 0.15) is 45.7 Å². The van der Waals surface area contributed by atoms with Gasteiger partial charge in [-0.2, -0.15) is 4.37 Å². The largest absolute Gasteiger partial charge is 0.381 e. The standard InChI is InChI=1S/C16H25N3O2S/c1-16(2,3)13-10-14(22-18-13)17-15(20)12-4-7-19(12)11-5-8-21-9-6-11/h10-12H,4-9H2,1-3H3,(H,17,20)/t12-/m0/s1. The van der Waals surface area contributed by atoms with E-state index in [1.54, 1.807) is 0 Å². The first-order valence-electron chi connectivity index (χ1n) is 8.07. The number of rotatable bonds is 3. The predicted octanol–water partition coefficient (Wildman–Crippen LogP) is 2.63. The van der Waals surface area contributed by atoms with Crippen LogP contribution in [-0.2, 0) is 14.9 Å². The zero-order valence-corrected chi connectivity index (χ0v) is 14.4. The number of ether oxygens (including phenoxy) is 1. The van der Waals surface area contributed by atoms with E-state index in [0.717, 1.165) is 49.7 Å². The Morgan fingerprint density at radius 1 is 1.36 bits per heavy atom. The van der Waals surface area contributed by atoms with Gasteiger partial charge in [0, 0.05) is 31.2 Å². The molecule has 0 unspecified atom stereocenters. The molecule has 3 rings (SSSR count). The van der Waals surface area contributed by atoms with Crippen molar-refractivity contribution in [2.24, 2.45) is 0 Å². The molecule has 3 heterocycles. The van der Waals surface area contributed by atoms with Crippen molar-refractivity contribution in [2.45, 2.75) is 57.5 Å². The SMILES string of the molecule is CC(C)(C)c1cc(NC(=O)[C@@H]2CCN2C2CCOCC2)sn1. The van der Waals surface area contributed by atoms with Gasteiger partial charge in [0.2, 0.25) is 5.91 Å². The van der Waals surface area contributed by atoms with E-state index >= 15 is 0 Å². The van der Waals surface area contributed by atoms with Gasteiger partial charge in [-0.15, -0.1) is 0 Å². The fraction of sp³-hybridized carbons (Fsp3) is 0.750. The number of carbonyl (C=O) groups is 1. The van der Waals surface area contributed by atoms with Crippen molar-refractivity contribution in [3.63, 3.8) is 0 Å². The first kappa shape index (κ1) is 15.9. The molecule has 0 bridgehead atoms. The van der Waals surface area contributed by atoms with Gasteiger partial charge in [0.15, 0.2) is 0 Å². The molecule has 2 aliphatic heterocycles. The van der Waals surface area contributed by atoms with Crippen LogP contribution in [0.15, 0.2) is 6.07 Å². The molecular weight excluding hydrogens is 298 g/mol. The Hall–Kier alpha value is -0.980. The highest BCUT2D eigenvalue weighted by Crippen LogP contribution is 2.30. The minimum absolute atomic E-state index is 0.0169. The van der Waals surface area contributed by atoms with E-state index in [0.29, 0.717) is 6.04 Å². The molecule has 0 saturated carbocycles. The van der Waals surface area contributed by atoms with E-state index in [9.17, 15) is 4.79 Å². The van der Waals surface area contributed by atoms with Crippen molar-refractivity contribution in [3.8, 4) is 0 Å². The number of carbonyl (C=O) groups excluding carboxylic acids is 1. The van der Waals surface area contributed by atoms with E-state index < -0.39 is 0 Å². The molecule has 2 saturated heterocycles. The second-order valence-corrected chi connectivity index (χ2v) is 8.01. The van der Waals surface area contributed by atoms with Crippen LogP contribution in [0.4, 0.5) is 5.00 Å². The Bertz CT molecular complexity index is 532. The summed E-state index contributed by atoms with van der Waals surface area (Å²) in [6.07, 6.45) is 3.03. The summed E-state index contributed by atoms with van der Waals surface area (Å²) in [6.45, 7) is 9.06. The van der Waals surface area contributed by atoms with Crippen LogP contribution in [0.25, 0.3) is 0 Å². The average Bonchev–Trinajstić information content (AvgIpc) is 2.87. The molecule has 122 valence electrons. The molecule has 0 aromatic carbocycles. The van der Waals surface area contributed by atoms with Gasteiger partial charge in [-0.25, -0.2) is 0 Å². The summed E-state index contributed by atoms with van der Waals surface area (Å²) in [4.78, 5) is 14.8. The van der Waals surface area contributed by atoms with Crippen LogP contribution >= 0.6 is 11.5 Å². The van der Waals surface area contributed by atoms with Crippen LogP contribution in [-0.4, -0.2) is 47.0 Å². The Morgan fingerprint density at radius 2 is 2.09 bits per heavy atom. The third kappa shape index (κ3) is 3.34. The first-order chi connectivity index (χ1) is 10.4. The molecular formula is C16H25N3O2S. The number of hydrogen-bond donors (Lipinski definition) is 1. The molecule has 1 aromatic heterocycles. The highest BCUT2D eigenvalue weighted by atomic mass is 32.1. The second-order valence-electron chi connectivity index (χ2n) is 7.20. The Balaban J connectivity index is 1.58. The number of hydrogen-bond acceptors (Lipinski definition) is 5. The highest BCUT2D eigenvalue weighted by Gasteiger charge is 2.39. The minimum Gasteiger partial charge on any atom is -0.381 e. The van der Waals surface area contributed by atoms with Crippen molar-refractivity contribution in [2.75, 3.05) is 25.1 Å². The van der Waals surface area contributed by atoms with Crippen LogP contribution in [0.3, 0.4) is 0 Å². The summed E-state index contributed by atoms with van der Waals surface area (Å²) in [6, 6.07) is 2.52. The fourth-order valence-electron chi connectivity index (χ4n) is 3.04. The third-order valence-corrected chi connectivity index (χ3v) is 5.25. The lowest BCUT2D eigenvalue weighted by Gasteiger charge is -2.46. The second kappa shape index (κ2) is 6.26. The topological polar surface area (TPSA) is 54.5 Å². The number of nitrogens with one attached hydrogen (secondary N) is 1. The number of likely N-dealkylation sites (tertiary alicyclic amines) is 1. The van der Waals surface area contributed by atoms with Gasteiger partial charge in [0.1, 0.15) is 5.00 Å². The summed E-state index contributed by atoms with van der Waals surface area (Å²) >= 11 is 1.37. The molecule has 5 nitrogen and oxygen atoms in total. The maximum absolute atomic E-state index is 12.5. The average molecular weight is 323 g/mol. The minimum atomic E-state index is 0.0169. The summed E-state index contributed by atoms with van der Waals surface area (Å²) in [5.74, 6) is 0.113. The number of amides is 1. The molecule has 2 fully saturated rings.